The van der Waals surface area contributed by atoms with Crippen molar-refractivity contribution in [1.82, 2.24) is 15.0 Å². The largest absolute Gasteiger partial charge is 0.494 e. The van der Waals surface area contributed by atoms with Gasteiger partial charge in [-0.05, 0) is 31.5 Å². The molecule has 1 aromatic heterocycles. The molecule has 0 saturated heterocycles. The molecule has 0 aliphatic carbocycles. The van der Waals surface area contributed by atoms with Gasteiger partial charge >= 0.3 is 0 Å². The Kier molecular flexibility index (Phi) is 4.50. The molecule has 1 aromatic carbocycles. The maximum atomic E-state index is 11.3. The predicted octanol–water partition coefficient (Wildman–Crippen LogP) is 2.57. The van der Waals surface area contributed by atoms with Gasteiger partial charge in [0.15, 0.2) is 11.5 Å². The molecule has 2 aromatic rings. The van der Waals surface area contributed by atoms with E-state index >= 15 is 0 Å². The Labute approximate surface area is 118 Å². The molecule has 0 amide bonds. The number of nitrogens with zero attached hydrogens (tertiary/aromatic N) is 3. The van der Waals surface area contributed by atoms with Gasteiger partial charge < -0.3 is 4.74 Å². The first kappa shape index (κ1) is 14.2. The minimum Gasteiger partial charge on any atom is -0.494 e. The molecule has 1 heterocycles. The zero-order valence-corrected chi connectivity index (χ0v) is 12.1. The second-order valence-electron chi connectivity index (χ2n) is 4.82. The highest BCUT2D eigenvalue weighted by Gasteiger charge is 2.11. The van der Waals surface area contributed by atoms with Gasteiger partial charge in [-0.2, -0.15) is 0 Å². The van der Waals surface area contributed by atoms with Crippen LogP contribution in [0.5, 0.6) is 5.75 Å². The molecule has 0 bridgehead atoms. The minimum atomic E-state index is -0.0511. The summed E-state index contributed by atoms with van der Waals surface area (Å²) in [4.78, 5) is 11.3. The van der Waals surface area contributed by atoms with Crippen molar-refractivity contribution < 1.29 is 9.53 Å². The first-order valence-corrected chi connectivity index (χ1v) is 6.68. The Bertz CT molecular complexity index is 605. The molecule has 20 heavy (non-hydrogen) atoms. The minimum absolute atomic E-state index is 0.0511. The molecule has 0 fully saturated rings. The SMILES string of the molecule is CC(=O)c1nnn(CCCOc2cccc(C)c2)c1C. The molecule has 2 rings (SSSR count). The van der Waals surface area contributed by atoms with Gasteiger partial charge in [0.1, 0.15) is 5.75 Å². The van der Waals surface area contributed by atoms with Crippen molar-refractivity contribution in [1.29, 1.82) is 0 Å². The van der Waals surface area contributed by atoms with Crippen LogP contribution >= 0.6 is 0 Å². The molecule has 0 N–H and O–H groups in total. The number of benzene rings is 1. The van der Waals surface area contributed by atoms with Crippen LogP contribution in [-0.2, 0) is 6.54 Å². The average Bonchev–Trinajstić information content (AvgIpc) is 2.76. The molecule has 0 aliphatic rings. The standard InChI is InChI=1S/C15H19N3O2/c1-11-6-4-7-14(10-11)20-9-5-8-18-12(2)15(13(3)19)16-17-18/h4,6-7,10H,5,8-9H2,1-3H3. The van der Waals surface area contributed by atoms with E-state index in [-0.39, 0.29) is 5.78 Å². The molecule has 0 aliphatic heterocycles. The summed E-state index contributed by atoms with van der Waals surface area (Å²) < 4.78 is 7.42. The zero-order chi connectivity index (χ0) is 14.5. The Balaban J connectivity index is 1.83. The molecule has 0 saturated carbocycles. The monoisotopic (exact) mass is 273 g/mol. The zero-order valence-electron chi connectivity index (χ0n) is 12.1. The van der Waals surface area contributed by atoms with Crippen LogP contribution in [0.15, 0.2) is 24.3 Å². The van der Waals surface area contributed by atoms with Crippen LogP contribution in [0.1, 0.15) is 35.1 Å². The lowest BCUT2D eigenvalue weighted by atomic mass is 10.2. The van der Waals surface area contributed by atoms with Crippen molar-refractivity contribution in [3.63, 3.8) is 0 Å². The lowest BCUT2D eigenvalue weighted by Gasteiger charge is -2.07. The van der Waals surface area contributed by atoms with E-state index < -0.39 is 0 Å². The third kappa shape index (κ3) is 3.44. The fourth-order valence-corrected chi connectivity index (χ4v) is 2.01. The quantitative estimate of drug-likeness (QED) is 0.599. The van der Waals surface area contributed by atoms with Crippen LogP contribution < -0.4 is 4.74 Å². The van der Waals surface area contributed by atoms with Crippen LogP contribution in [0.4, 0.5) is 0 Å². The first-order chi connectivity index (χ1) is 9.58. The second kappa shape index (κ2) is 6.32. The highest BCUT2D eigenvalue weighted by Crippen LogP contribution is 2.12. The maximum Gasteiger partial charge on any atom is 0.181 e. The normalized spacial score (nSPS) is 10.6. The van der Waals surface area contributed by atoms with Crippen molar-refractivity contribution in [2.75, 3.05) is 6.61 Å². The molecule has 5 nitrogen and oxygen atoms in total. The lowest BCUT2D eigenvalue weighted by molar-refractivity contribution is 0.101. The second-order valence-corrected chi connectivity index (χ2v) is 4.82. The van der Waals surface area contributed by atoms with Crippen molar-refractivity contribution in [3.05, 3.63) is 41.2 Å². The highest BCUT2D eigenvalue weighted by atomic mass is 16.5. The van der Waals surface area contributed by atoms with Crippen LogP contribution in [0.2, 0.25) is 0 Å². The summed E-state index contributed by atoms with van der Waals surface area (Å²) in [5, 5.41) is 7.87. The highest BCUT2D eigenvalue weighted by molar-refractivity contribution is 5.92. The van der Waals surface area contributed by atoms with Gasteiger partial charge in [0, 0.05) is 19.9 Å². The van der Waals surface area contributed by atoms with Crippen LogP contribution in [-0.4, -0.2) is 27.4 Å². The number of aryl methyl sites for hydroxylation is 2. The number of aromatic nitrogens is 3. The first-order valence-electron chi connectivity index (χ1n) is 6.68. The lowest BCUT2D eigenvalue weighted by Crippen LogP contribution is -2.08. The van der Waals surface area contributed by atoms with Crippen LogP contribution in [0, 0.1) is 13.8 Å². The Morgan fingerprint density at radius 3 is 2.80 bits per heavy atom. The van der Waals surface area contributed by atoms with Crippen molar-refractivity contribution in [2.45, 2.75) is 33.7 Å². The van der Waals surface area contributed by atoms with E-state index in [0.717, 1.165) is 17.9 Å². The molecule has 0 atom stereocenters. The summed E-state index contributed by atoms with van der Waals surface area (Å²) in [6, 6.07) is 7.97. The van der Waals surface area contributed by atoms with Gasteiger partial charge in [-0.1, -0.05) is 17.3 Å². The fourth-order valence-electron chi connectivity index (χ4n) is 2.01. The number of ether oxygens (including phenoxy) is 1. The van der Waals surface area contributed by atoms with E-state index in [1.54, 1.807) is 4.68 Å². The van der Waals surface area contributed by atoms with Crippen LogP contribution in [0.3, 0.4) is 0 Å². The van der Waals surface area contributed by atoms with E-state index in [1.807, 2.05) is 38.1 Å². The number of hydrogen-bond donors (Lipinski definition) is 0. The number of rotatable bonds is 6. The Morgan fingerprint density at radius 2 is 2.15 bits per heavy atom. The van der Waals surface area contributed by atoms with Gasteiger partial charge in [0.05, 0.1) is 12.3 Å². The van der Waals surface area contributed by atoms with Crippen molar-refractivity contribution >= 4 is 5.78 Å². The molecular formula is C15H19N3O2. The van der Waals surface area contributed by atoms with Crippen LogP contribution in [0.25, 0.3) is 0 Å². The van der Waals surface area contributed by atoms with Gasteiger partial charge in [-0.3, -0.25) is 4.79 Å². The van der Waals surface area contributed by atoms with Gasteiger partial charge in [-0.15, -0.1) is 5.10 Å². The summed E-state index contributed by atoms with van der Waals surface area (Å²) in [6.45, 7) is 6.70. The molecule has 5 heteroatoms. The Morgan fingerprint density at radius 1 is 1.35 bits per heavy atom. The smallest absolute Gasteiger partial charge is 0.181 e. The number of hydrogen-bond acceptors (Lipinski definition) is 4. The van der Waals surface area contributed by atoms with Gasteiger partial charge in [-0.25, -0.2) is 4.68 Å². The molecule has 0 spiro atoms. The maximum absolute atomic E-state index is 11.3. The van der Waals surface area contributed by atoms with E-state index in [4.69, 9.17) is 4.74 Å². The van der Waals surface area contributed by atoms with E-state index in [2.05, 4.69) is 10.3 Å². The third-order valence-electron chi connectivity index (χ3n) is 3.09. The summed E-state index contributed by atoms with van der Waals surface area (Å²) in [6.07, 6.45) is 0.815. The number of ketones is 1. The molecule has 0 radical (unpaired) electrons. The molecule has 106 valence electrons. The van der Waals surface area contributed by atoms with Gasteiger partial charge in [0.2, 0.25) is 0 Å². The topological polar surface area (TPSA) is 57.0 Å². The summed E-state index contributed by atoms with van der Waals surface area (Å²) in [7, 11) is 0. The third-order valence-corrected chi connectivity index (χ3v) is 3.09. The average molecular weight is 273 g/mol. The number of Topliss-reactive ketones (excluding diaryl/α,β-unsaturated/α-hetero) is 1. The fraction of sp³-hybridized carbons (Fsp3) is 0.400. The predicted molar refractivity (Wildman–Crippen MR) is 76.1 cm³/mol. The summed E-state index contributed by atoms with van der Waals surface area (Å²) >= 11 is 0. The summed E-state index contributed by atoms with van der Waals surface area (Å²) in [5.74, 6) is 0.828. The van der Waals surface area contributed by atoms with E-state index in [9.17, 15) is 4.79 Å². The van der Waals surface area contributed by atoms with Gasteiger partial charge in [0.25, 0.3) is 0 Å². The molecular weight excluding hydrogens is 254 g/mol. The Hall–Kier alpha value is -2.17. The van der Waals surface area contributed by atoms with E-state index in [0.29, 0.717) is 18.8 Å². The van der Waals surface area contributed by atoms with Crippen molar-refractivity contribution in [3.8, 4) is 5.75 Å². The van der Waals surface area contributed by atoms with Crippen molar-refractivity contribution in [2.24, 2.45) is 0 Å². The number of carbonyl (C=O) groups is 1. The molecule has 0 unspecified atom stereocenters. The van der Waals surface area contributed by atoms with E-state index in [1.165, 1.54) is 12.5 Å². The summed E-state index contributed by atoms with van der Waals surface area (Å²) in [5.41, 5.74) is 2.44. The number of carbonyl (C=O) groups excluding carboxylic acids is 1.